The summed E-state index contributed by atoms with van der Waals surface area (Å²) >= 11 is 3.17. The number of methoxy groups -OCH3 is 1. The summed E-state index contributed by atoms with van der Waals surface area (Å²) in [5, 5.41) is 6.78. The summed E-state index contributed by atoms with van der Waals surface area (Å²) in [5.74, 6) is 1.51. The number of hydrogen-bond acceptors (Lipinski definition) is 6. The predicted octanol–water partition coefficient (Wildman–Crippen LogP) is 5.02. The highest BCUT2D eigenvalue weighted by Crippen LogP contribution is 2.25. The Balaban J connectivity index is 1.48. The minimum atomic E-state index is -0.335. The van der Waals surface area contributed by atoms with Crippen molar-refractivity contribution in [3.05, 3.63) is 71.1 Å². The molecule has 2 aromatic heterocycles. The minimum Gasteiger partial charge on any atom is -0.497 e. The third kappa shape index (κ3) is 3.81. The van der Waals surface area contributed by atoms with E-state index in [0.717, 1.165) is 16.9 Å². The molecule has 0 unspecified atom stereocenters. The number of halogens is 1. The molecule has 7 nitrogen and oxygen atoms in total. The molecule has 0 aliphatic rings. The average Bonchev–Trinajstić information content (AvgIpc) is 3.38. The number of nitrogens with zero attached hydrogens (tertiary/aromatic N) is 2. The summed E-state index contributed by atoms with van der Waals surface area (Å²) in [7, 11) is 1.61. The molecule has 0 radical (unpaired) electrons. The Morgan fingerprint density at radius 3 is 2.36 bits per heavy atom. The maximum absolute atomic E-state index is 12.1. The van der Waals surface area contributed by atoms with Crippen molar-refractivity contribution in [3.63, 3.8) is 0 Å². The lowest BCUT2D eigenvalue weighted by atomic mass is 10.2. The molecule has 4 aromatic rings. The first-order valence-corrected chi connectivity index (χ1v) is 9.07. The van der Waals surface area contributed by atoms with Gasteiger partial charge < -0.3 is 19.0 Å². The van der Waals surface area contributed by atoms with Crippen LogP contribution in [-0.2, 0) is 0 Å². The van der Waals surface area contributed by atoms with Crippen molar-refractivity contribution in [2.75, 3.05) is 12.4 Å². The maximum atomic E-state index is 12.1. The van der Waals surface area contributed by atoms with Crippen LogP contribution in [0.15, 0.2) is 74.3 Å². The zero-order chi connectivity index (χ0) is 19.5. The van der Waals surface area contributed by atoms with Crippen LogP contribution in [-0.4, -0.2) is 23.2 Å². The van der Waals surface area contributed by atoms with Crippen molar-refractivity contribution in [1.82, 2.24) is 10.1 Å². The number of carbonyl (C=O) groups is 1. The molecule has 1 amide bonds. The third-order valence-electron chi connectivity index (χ3n) is 3.96. The molecule has 0 aliphatic heterocycles. The van der Waals surface area contributed by atoms with Crippen molar-refractivity contribution in [2.45, 2.75) is 0 Å². The van der Waals surface area contributed by atoms with Crippen LogP contribution in [0.5, 0.6) is 5.75 Å². The molecule has 0 spiro atoms. The number of nitrogens with one attached hydrogen (secondary N) is 1. The van der Waals surface area contributed by atoms with Gasteiger partial charge in [-0.25, -0.2) is 0 Å². The van der Waals surface area contributed by atoms with Gasteiger partial charge in [-0.1, -0.05) is 5.16 Å². The molecule has 140 valence electrons. The van der Waals surface area contributed by atoms with Gasteiger partial charge in [-0.2, -0.15) is 4.98 Å². The van der Waals surface area contributed by atoms with Crippen LogP contribution in [0.3, 0.4) is 0 Å². The Morgan fingerprint density at radius 1 is 1.00 bits per heavy atom. The van der Waals surface area contributed by atoms with Crippen molar-refractivity contribution < 1.29 is 18.5 Å². The smallest absolute Gasteiger partial charge is 0.291 e. The lowest BCUT2D eigenvalue weighted by molar-refractivity contribution is 0.0995. The van der Waals surface area contributed by atoms with E-state index in [1.807, 2.05) is 24.3 Å². The highest BCUT2D eigenvalue weighted by atomic mass is 79.9. The zero-order valence-electron chi connectivity index (χ0n) is 14.7. The molecule has 8 heteroatoms. The van der Waals surface area contributed by atoms with Crippen LogP contribution in [0.2, 0.25) is 0 Å². The number of furan rings is 1. The number of rotatable bonds is 5. The summed E-state index contributed by atoms with van der Waals surface area (Å²) in [4.78, 5) is 16.5. The minimum absolute atomic E-state index is 0.219. The van der Waals surface area contributed by atoms with Gasteiger partial charge in [0.05, 0.1) is 7.11 Å². The normalized spacial score (nSPS) is 10.6. The zero-order valence-corrected chi connectivity index (χ0v) is 16.3. The van der Waals surface area contributed by atoms with Gasteiger partial charge >= 0.3 is 0 Å². The summed E-state index contributed by atoms with van der Waals surface area (Å²) in [6, 6.07) is 17.7. The molecule has 28 heavy (non-hydrogen) atoms. The van der Waals surface area contributed by atoms with Crippen LogP contribution in [0.1, 0.15) is 10.6 Å². The SMILES string of the molecule is COc1ccc(-c2noc(-c3ccc(NC(=O)c4ccc(Br)o4)cc3)n2)cc1. The van der Waals surface area contributed by atoms with E-state index in [4.69, 9.17) is 13.7 Å². The fourth-order valence-corrected chi connectivity index (χ4v) is 2.83. The summed E-state index contributed by atoms with van der Waals surface area (Å²) in [5.41, 5.74) is 2.19. The molecule has 0 saturated heterocycles. The first-order valence-electron chi connectivity index (χ1n) is 8.27. The van der Waals surface area contributed by atoms with Crippen molar-refractivity contribution in [2.24, 2.45) is 0 Å². The summed E-state index contributed by atoms with van der Waals surface area (Å²) in [6.07, 6.45) is 0. The number of anilines is 1. The largest absolute Gasteiger partial charge is 0.497 e. The molecule has 0 saturated carbocycles. The fraction of sp³-hybridized carbons (Fsp3) is 0.0500. The first kappa shape index (κ1) is 18.0. The van der Waals surface area contributed by atoms with Gasteiger partial charge in [0, 0.05) is 16.8 Å². The number of aromatic nitrogens is 2. The highest BCUT2D eigenvalue weighted by molar-refractivity contribution is 9.10. The van der Waals surface area contributed by atoms with E-state index in [1.165, 1.54) is 0 Å². The first-order chi connectivity index (χ1) is 13.6. The second kappa shape index (κ2) is 7.69. The third-order valence-corrected chi connectivity index (χ3v) is 4.39. The molecule has 2 aromatic carbocycles. The summed E-state index contributed by atoms with van der Waals surface area (Å²) < 4.78 is 16.2. The topological polar surface area (TPSA) is 90.4 Å². The Labute approximate surface area is 168 Å². The number of hydrogen-bond donors (Lipinski definition) is 1. The van der Waals surface area contributed by atoms with Crippen LogP contribution >= 0.6 is 15.9 Å². The van der Waals surface area contributed by atoms with E-state index in [9.17, 15) is 4.79 Å². The Morgan fingerprint density at radius 2 is 1.71 bits per heavy atom. The summed E-state index contributed by atoms with van der Waals surface area (Å²) in [6.45, 7) is 0. The fourth-order valence-electron chi connectivity index (χ4n) is 2.52. The van der Waals surface area contributed by atoms with Crippen molar-refractivity contribution in [1.29, 1.82) is 0 Å². The maximum Gasteiger partial charge on any atom is 0.291 e. The number of ether oxygens (including phenoxy) is 1. The van der Waals surface area contributed by atoms with Gasteiger partial charge in [-0.3, -0.25) is 4.79 Å². The molecule has 0 atom stereocenters. The van der Waals surface area contributed by atoms with Crippen LogP contribution in [0.4, 0.5) is 5.69 Å². The van der Waals surface area contributed by atoms with E-state index < -0.39 is 0 Å². The molecular formula is C20H14BrN3O4. The number of carbonyl (C=O) groups excluding carboxylic acids is 1. The highest BCUT2D eigenvalue weighted by Gasteiger charge is 2.13. The monoisotopic (exact) mass is 439 g/mol. The molecule has 0 bridgehead atoms. The lowest BCUT2D eigenvalue weighted by Gasteiger charge is -2.03. The van der Waals surface area contributed by atoms with Crippen LogP contribution < -0.4 is 10.1 Å². The van der Waals surface area contributed by atoms with Gasteiger partial charge in [-0.05, 0) is 76.6 Å². The van der Waals surface area contributed by atoms with E-state index >= 15 is 0 Å². The second-order valence-corrected chi connectivity index (χ2v) is 6.57. The Bertz CT molecular complexity index is 1100. The van der Waals surface area contributed by atoms with Crippen LogP contribution in [0.25, 0.3) is 22.8 Å². The van der Waals surface area contributed by atoms with Gasteiger partial charge in [0.15, 0.2) is 10.4 Å². The molecular weight excluding hydrogens is 426 g/mol. The van der Waals surface area contributed by atoms with E-state index in [0.29, 0.717) is 22.1 Å². The molecule has 4 rings (SSSR count). The van der Waals surface area contributed by atoms with Gasteiger partial charge in [0.1, 0.15) is 5.75 Å². The Hall–Kier alpha value is -3.39. The molecule has 0 fully saturated rings. The molecule has 1 N–H and O–H groups in total. The standard InChI is InChI=1S/C20H14BrN3O4/c1-26-15-8-4-12(5-9-15)18-23-20(28-24-18)13-2-6-14(7-3-13)22-19(25)16-10-11-17(21)27-16/h2-11H,1H3,(H,22,25). The van der Waals surface area contributed by atoms with Gasteiger partial charge in [0.2, 0.25) is 5.82 Å². The molecule has 0 aliphatic carbocycles. The predicted molar refractivity (Wildman–Crippen MR) is 106 cm³/mol. The van der Waals surface area contributed by atoms with E-state index in [1.54, 1.807) is 43.5 Å². The quantitative estimate of drug-likeness (QED) is 0.469. The van der Waals surface area contributed by atoms with Gasteiger partial charge in [-0.15, -0.1) is 0 Å². The lowest BCUT2D eigenvalue weighted by Crippen LogP contribution is -2.10. The van der Waals surface area contributed by atoms with Crippen molar-refractivity contribution in [3.8, 4) is 28.6 Å². The Kier molecular flexibility index (Phi) is 4.94. The average molecular weight is 440 g/mol. The second-order valence-electron chi connectivity index (χ2n) is 5.79. The van der Waals surface area contributed by atoms with Crippen molar-refractivity contribution >= 4 is 27.5 Å². The van der Waals surface area contributed by atoms with Gasteiger partial charge in [0.25, 0.3) is 11.8 Å². The van der Waals surface area contributed by atoms with E-state index in [2.05, 4.69) is 31.4 Å². The number of benzene rings is 2. The van der Waals surface area contributed by atoms with Crippen LogP contribution in [0, 0.1) is 0 Å². The van der Waals surface area contributed by atoms with E-state index in [-0.39, 0.29) is 11.7 Å². The molecule has 2 heterocycles. The number of amides is 1.